The third-order valence-corrected chi connectivity index (χ3v) is 3.84. The molecule has 0 atom stereocenters. The molecule has 0 fully saturated rings. The van der Waals surface area contributed by atoms with E-state index in [2.05, 4.69) is 10.1 Å². The van der Waals surface area contributed by atoms with Gasteiger partial charge in [-0.05, 0) is 24.8 Å². The molecule has 0 saturated carbocycles. The zero-order chi connectivity index (χ0) is 18.8. The van der Waals surface area contributed by atoms with Crippen LogP contribution in [0.1, 0.15) is 23.2 Å². The SMILES string of the molecule is COC(=O)CCCNC(=O)COC(=O)c1ccc(SC)c([N+](=O)[O-])c1. The Balaban J connectivity index is 2.48. The van der Waals surface area contributed by atoms with Gasteiger partial charge in [0, 0.05) is 19.0 Å². The number of amides is 1. The number of nitro groups is 1. The van der Waals surface area contributed by atoms with E-state index in [0.717, 1.165) is 6.07 Å². The molecule has 0 saturated heterocycles. The summed E-state index contributed by atoms with van der Waals surface area (Å²) in [6.45, 7) is -0.283. The van der Waals surface area contributed by atoms with Crippen molar-refractivity contribution in [3.63, 3.8) is 0 Å². The third kappa shape index (κ3) is 6.79. The fourth-order valence-electron chi connectivity index (χ4n) is 1.79. The number of nitrogens with one attached hydrogen (secondary N) is 1. The topological polar surface area (TPSA) is 125 Å². The Morgan fingerprint density at radius 1 is 1.32 bits per heavy atom. The van der Waals surface area contributed by atoms with Gasteiger partial charge in [-0.3, -0.25) is 19.7 Å². The molecule has 0 bridgehead atoms. The molecule has 1 rings (SSSR count). The fourth-order valence-corrected chi connectivity index (χ4v) is 2.33. The van der Waals surface area contributed by atoms with Crippen LogP contribution in [0.25, 0.3) is 0 Å². The zero-order valence-corrected chi connectivity index (χ0v) is 14.6. The maximum atomic E-state index is 11.9. The monoisotopic (exact) mass is 370 g/mol. The average molecular weight is 370 g/mol. The Hall–Kier alpha value is -2.62. The molecule has 0 aromatic heterocycles. The van der Waals surface area contributed by atoms with E-state index in [4.69, 9.17) is 4.74 Å². The summed E-state index contributed by atoms with van der Waals surface area (Å²) < 4.78 is 9.28. The number of esters is 2. The van der Waals surface area contributed by atoms with Gasteiger partial charge in [0.15, 0.2) is 6.61 Å². The molecule has 0 aliphatic carbocycles. The molecule has 9 nitrogen and oxygen atoms in total. The van der Waals surface area contributed by atoms with Crippen LogP contribution in [0, 0.1) is 10.1 Å². The molecule has 1 aromatic rings. The molecule has 1 aromatic carbocycles. The summed E-state index contributed by atoms with van der Waals surface area (Å²) in [6.07, 6.45) is 2.25. The number of carbonyl (C=O) groups excluding carboxylic acids is 3. The molecule has 0 aliphatic heterocycles. The van der Waals surface area contributed by atoms with Gasteiger partial charge >= 0.3 is 11.9 Å². The summed E-state index contributed by atoms with van der Waals surface area (Å²) in [6, 6.07) is 3.96. The minimum absolute atomic E-state index is 0.0111. The summed E-state index contributed by atoms with van der Waals surface area (Å²) in [5.74, 6) is -1.75. The molecule has 10 heteroatoms. The van der Waals surface area contributed by atoms with Gasteiger partial charge in [0.2, 0.25) is 0 Å². The number of nitrogens with zero attached hydrogens (tertiary/aromatic N) is 1. The fraction of sp³-hybridized carbons (Fsp3) is 0.400. The molecular weight excluding hydrogens is 352 g/mol. The molecule has 0 unspecified atom stereocenters. The van der Waals surface area contributed by atoms with Gasteiger partial charge in [-0.2, -0.15) is 0 Å². The van der Waals surface area contributed by atoms with Crippen molar-refractivity contribution in [3.05, 3.63) is 33.9 Å². The minimum atomic E-state index is -0.833. The van der Waals surface area contributed by atoms with Crippen molar-refractivity contribution < 1.29 is 28.8 Å². The Bertz CT molecular complexity index is 663. The van der Waals surface area contributed by atoms with Crippen molar-refractivity contribution in [2.24, 2.45) is 0 Å². The van der Waals surface area contributed by atoms with Gasteiger partial charge < -0.3 is 14.8 Å². The summed E-state index contributed by atoms with van der Waals surface area (Å²) in [4.78, 5) is 45.2. The van der Waals surface area contributed by atoms with E-state index in [1.807, 2.05) is 0 Å². The second-order valence-electron chi connectivity index (χ2n) is 4.75. The quantitative estimate of drug-likeness (QED) is 0.228. The standard InChI is InChI=1S/C15H18N2O7S/c1-23-14(19)4-3-7-16-13(18)9-24-15(20)10-5-6-12(25-2)11(8-10)17(21)22/h5-6,8H,3-4,7,9H2,1-2H3,(H,16,18). The second kappa shape index (κ2) is 10.3. The van der Waals surface area contributed by atoms with E-state index in [-0.39, 0.29) is 30.2 Å². The molecule has 0 radical (unpaired) electrons. The number of hydrogen-bond donors (Lipinski definition) is 1. The molecule has 0 spiro atoms. The van der Waals surface area contributed by atoms with Crippen LogP contribution >= 0.6 is 11.8 Å². The lowest BCUT2D eigenvalue weighted by molar-refractivity contribution is -0.387. The predicted octanol–water partition coefficient (Wildman–Crippen LogP) is 1.54. The Kier molecular flexibility index (Phi) is 8.40. The first-order valence-corrected chi connectivity index (χ1v) is 8.44. The lowest BCUT2D eigenvalue weighted by atomic mass is 10.2. The Morgan fingerprint density at radius 2 is 2.04 bits per heavy atom. The van der Waals surface area contributed by atoms with Crippen molar-refractivity contribution in [2.45, 2.75) is 17.7 Å². The summed E-state index contributed by atoms with van der Waals surface area (Å²) >= 11 is 1.19. The van der Waals surface area contributed by atoms with Crippen molar-refractivity contribution >= 4 is 35.3 Å². The minimum Gasteiger partial charge on any atom is -0.469 e. The first-order chi connectivity index (χ1) is 11.9. The van der Waals surface area contributed by atoms with E-state index in [1.54, 1.807) is 6.26 Å². The van der Waals surface area contributed by atoms with Gasteiger partial charge in [0.1, 0.15) is 0 Å². The van der Waals surface area contributed by atoms with Crippen molar-refractivity contribution in [1.29, 1.82) is 0 Å². The normalized spacial score (nSPS) is 10.0. The number of benzene rings is 1. The highest BCUT2D eigenvalue weighted by Crippen LogP contribution is 2.28. The highest BCUT2D eigenvalue weighted by Gasteiger charge is 2.18. The molecule has 0 aliphatic rings. The number of ether oxygens (including phenoxy) is 2. The van der Waals surface area contributed by atoms with Gasteiger partial charge in [0.25, 0.3) is 11.6 Å². The van der Waals surface area contributed by atoms with Crippen molar-refractivity contribution in [2.75, 3.05) is 26.5 Å². The van der Waals surface area contributed by atoms with Crippen LogP contribution in [0.4, 0.5) is 5.69 Å². The van der Waals surface area contributed by atoms with Gasteiger partial charge in [-0.15, -0.1) is 11.8 Å². The third-order valence-electron chi connectivity index (χ3n) is 3.05. The van der Waals surface area contributed by atoms with Crippen LogP contribution in [0.2, 0.25) is 0 Å². The first kappa shape index (κ1) is 20.4. The average Bonchev–Trinajstić information content (AvgIpc) is 2.62. The van der Waals surface area contributed by atoms with E-state index in [1.165, 1.54) is 31.0 Å². The number of carbonyl (C=O) groups is 3. The first-order valence-electron chi connectivity index (χ1n) is 7.22. The number of hydrogen-bond acceptors (Lipinski definition) is 8. The van der Waals surface area contributed by atoms with Crippen LogP contribution in [0.3, 0.4) is 0 Å². The summed E-state index contributed by atoms with van der Waals surface area (Å²) in [5, 5.41) is 13.5. The maximum absolute atomic E-state index is 11.9. The van der Waals surface area contributed by atoms with Crippen LogP contribution in [-0.2, 0) is 19.1 Å². The Morgan fingerprint density at radius 3 is 2.64 bits per heavy atom. The Labute approximate surface area is 148 Å². The largest absolute Gasteiger partial charge is 0.469 e. The number of nitro benzene ring substituents is 1. The van der Waals surface area contributed by atoms with E-state index < -0.39 is 23.4 Å². The smallest absolute Gasteiger partial charge is 0.338 e. The molecule has 1 amide bonds. The molecule has 0 heterocycles. The molecule has 136 valence electrons. The number of rotatable bonds is 9. The number of thioether (sulfide) groups is 1. The molecule has 1 N–H and O–H groups in total. The van der Waals surface area contributed by atoms with E-state index in [9.17, 15) is 24.5 Å². The van der Waals surface area contributed by atoms with Crippen LogP contribution in [0.5, 0.6) is 0 Å². The maximum Gasteiger partial charge on any atom is 0.338 e. The predicted molar refractivity (Wildman–Crippen MR) is 89.4 cm³/mol. The van der Waals surface area contributed by atoms with Crippen molar-refractivity contribution in [1.82, 2.24) is 5.32 Å². The zero-order valence-electron chi connectivity index (χ0n) is 13.8. The number of methoxy groups -OCH3 is 1. The van der Waals surface area contributed by atoms with E-state index in [0.29, 0.717) is 11.3 Å². The second-order valence-corrected chi connectivity index (χ2v) is 5.60. The van der Waals surface area contributed by atoms with Crippen molar-refractivity contribution in [3.8, 4) is 0 Å². The van der Waals surface area contributed by atoms with Crippen LogP contribution in [0.15, 0.2) is 23.1 Å². The van der Waals surface area contributed by atoms with E-state index >= 15 is 0 Å². The molecular formula is C15H18N2O7S. The lowest BCUT2D eigenvalue weighted by Crippen LogP contribution is -2.29. The van der Waals surface area contributed by atoms with Gasteiger partial charge in [-0.25, -0.2) is 4.79 Å². The van der Waals surface area contributed by atoms with Gasteiger partial charge in [0.05, 0.1) is 22.5 Å². The highest BCUT2D eigenvalue weighted by molar-refractivity contribution is 7.98. The highest BCUT2D eigenvalue weighted by atomic mass is 32.2. The molecule has 25 heavy (non-hydrogen) atoms. The lowest BCUT2D eigenvalue weighted by Gasteiger charge is -2.07. The summed E-state index contributed by atoms with van der Waals surface area (Å²) in [5.41, 5.74) is -0.211. The van der Waals surface area contributed by atoms with Crippen LogP contribution < -0.4 is 5.32 Å². The summed E-state index contributed by atoms with van der Waals surface area (Å²) in [7, 11) is 1.27. The van der Waals surface area contributed by atoms with Crippen LogP contribution in [-0.4, -0.2) is 49.3 Å². The van der Waals surface area contributed by atoms with Gasteiger partial charge in [-0.1, -0.05) is 0 Å².